The number of nitrogens with zero attached hydrogens (tertiary/aromatic N) is 1. The largest absolute Gasteiger partial charge is 0.360 e. The Morgan fingerprint density at radius 3 is 2.95 bits per heavy atom. The van der Waals surface area contributed by atoms with Crippen LogP contribution in [-0.2, 0) is 17.8 Å². The number of thiazole rings is 1. The van der Waals surface area contributed by atoms with Gasteiger partial charge in [0, 0.05) is 10.9 Å². The summed E-state index contributed by atoms with van der Waals surface area (Å²) in [5.41, 5.74) is 1.02. The van der Waals surface area contributed by atoms with Crippen molar-refractivity contribution in [3.8, 4) is 0 Å². The summed E-state index contributed by atoms with van der Waals surface area (Å²) in [6, 6.07) is -0.0344. The van der Waals surface area contributed by atoms with Crippen molar-refractivity contribution in [3.05, 3.63) is 15.6 Å². The quantitative estimate of drug-likeness (QED) is 0.718. The average Bonchev–Trinajstić information content (AvgIpc) is 2.75. The highest BCUT2D eigenvalue weighted by molar-refractivity contribution is 7.80. The molecule has 2 unspecified atom stereocenters. The second-order valence-corrected chi connectivity index (χ2v) is 6.97. The Morgan fingerprint density at radius 1 is 1.52 bits per heavy atom. The van der Waals surface area contributed by atoms with Gasteiger partial charge in [-0.05, 0) is 45.3 Å². The first-order chi connectivity index (χ1) is 9.99. The summed E-state index contributed by atoms with van der Waals surface area (Å²) in [6.07, 6.45) is 2.82. The maximum absolute atomic E-state index is 12.2. The molecule has 1 amide bonds. The van der Waals surface area contributed by atoms with Crippen LogP contribution in [0, 0.1) is 6.92 Å². The van der Waals surface area contributed by atoms with Gasteiger partial charge in [-0.3, -0.25) is 4.79 Å². The monoisotopic (exact) mass is 326 g/mol. The molecule has 5 nitrogen and oxygen atoms in total. The van der Waals surface area contributed by atoms with Crippen molar-refractivity contribution in [1.29, 1.82) is 0 Å². The zero-order valence-electron chi connectivity index (χ0n) is 12.7. The lowest BCUT2D eigenvalue weighted by Crippen LogP contribution is -2.58. The van der Waals surface area contributed by atoms with Crippen molar-refractivity contribution in [3.63, 3.8) is 0 Å². The van der Waals surface area contributed by atoms with E-state index in [-0.39, 0.29) is 18.0 Å². The first-order valence-corrected chi connectivity index (χ1v) is 8.52. The first kappa shape index (κ1) is 16.2. The number of aryl methyl sites for hydroxylation is 2. The van der Waals surface area contributed by atoms with E-state index in [0.717, 1.165) is 34.8 Å². The molecular weight excluding hydrogens is 304 g/mol. The fourth-order valence-electron chi connectivity index (χ4n) is 2.33. The maximum Gasteiger partial charge on any atom is 0.242 e. The molecule has 0 radical (unpaired) electrons. The topological polar surface area (TPSA) is 66.0 Å². The van der Waals surface area contributed by atoms with Gasteiger partial charge in [0.1, 0.15) is 6.04 Å². The predicted molar refractivity (Wildman–Crippen MR) is 89.4 cm³/mol. The van der Waals surface area contributed by atoms with Crippen LogP contribution in [0.4, 0.5) is 0 Å². The summed E-state index contributed by atoms with van der Waals surface area (Å²) >= 11 is 6.79. The molecule has 0 aromatic carbocycles. The molecule has 0 bridgehead atoms. The van der Waals surface area contributed by atoms with E-state index >= 15 is 0 Å². The lowest BCUT2D eigenvalue weighted by atomic mass is 10.1. The van der Waals surface area contributed by atoms with Crippen molar-refractivity contribution in [2.24, 2.45) is 0 Å². The number of thiocarbonyl (C=S) groups is 1. The average molecular weight is 326 g/mol. The fourth-order valence-corrected chi connectivity index (χ4v) is 3.79. The van der Waals surface area contributed by atoms with Crippen LogP contribution in [0.5, 0.6) is 0 Å². The number of aromatic nitrogens is 1. The summed E-state index contributed by atoms with van der Waals surface area (Å²) in [5.74, 6) is -0.00413. The molecule has 1 fully saturated rings. The predicted octanol–water partition coefficient (Wildman–Crippen LogP) is 1.65. The molecule has 0 aliphatic carbocycles. The molecule has 1 aliphatic heterocycles. The third-order valence-electron chi connectivity index (χ3n) is 3.41. The normalized spacial score (nSPS) is 21.6. The number of amides is 1. The number of hydrogen-bond donors (Lipinski definition) is 3. The van der Waals surface area contributed by atoms with Gasteiger partial charge in [0.05, 0.1) is 17.2 Å². The fraction of sp³-hybridized carbons (Fsp3) is 0.643. The molecule has 1 aliphatic rings. The van der Waals surface area contributed by atoms with E-state index in [4.69, 9.17) is 12.2 Å². The van der Waals surface area contributed by atoms with Crippen LogP contribution in [0.15, 0.2) is 0 Å². The zero-order chi connectivity index (χ0) is 15.4. The summed E-state index contributed by atoms with van der Waals surface area (Å²) < 4.78 is 0. The van der Waals surface area contributed by atoms with Crippen LogP contribution in [0.3, 0.4) is 0 Å². The van der Waals surface area contributed by atoms with Crippen molar-refractivity contribution >= 4 is 34.6 Å². The molecule has 0 saturated carbocycles. The molecule has 21 heavy (non-hydrogen) atoms. The summed E-state index contributed by atoms with van der Waals surface area (Å²) in [5, 5.41) is 10.8. The molecule has 3 N–H and O–H groups in total. The minimum Gasteiger partial charge on any atom is -0.360 e. The third kappa shape index (κ3) is 4.38. The van der Waals surface area contributed by atoms with Crippen molar-refractivity contribution in [1.82, 2.24) is 20.9 Å². The minimum atomic E-state index is -0.253. The van der Waals surface area contributed by atoms with Crippen molar-refractivity contribution in [2.75, 3.05) is 0 Å². The standard InChI is InChI=1S/C14H22N4OS2/c1-4-5-12-17-9(3)11(21-12)7-15-13(19)10-6-8(2)16-14(20)18-10/h8,10H,4-7H2,1-3H3,(H,15,19)(H2,16,18,20). The van der Waals surface area contributed by atoms with E-state index in [1.807, 2.05) is 13.8 Å². The Hall–Kier alpha value is -1.21. The Morgan fingerprint density at radius 2 is 2.29 bits per heavy atom. The van der Waals surface area contributed by atoms with Gasteiger partial charge < -0.3 is 16.0 Å². The summed E-state index contributed by atoms with van der Waals surface area (Å²) in [6.45, 7) is 6.71. The Balaban J connectivity index is 1.90. The number of carbonyl (C=O) groups is 1. The smallest absolute Gasteiger partial charge is 0.242 e. The van der Waals surface area contributed by atoms with Crippen LogP contribution in [0.2, 0.25) is 0 Å². The SMILES string of the molecule is CCCc1nc(C)c(CNC(=O)C2CC(C)NC(=S)N2)s1. The number of carbonyl (C=O) groups excluding carboxylic acids is 1. The highest BCUT2D eigenvalue weighted by Crippen LogP contribution is 2.19. The molecule has 1 aromatic heterocycles. The Bertz CT molecular complexity index is 529. The Labute approximate surface area is 134 Å². The van der Waals surface area contributed by atoms with Gasteiger partial charge in [0.15, 0.2) is 5.11 Å². The van der Waals surface area contributed by atoms with Gasteiger partial charge in [0.25, 0.3) is 0 Å². The van der Waals surface area contributed by atoms with E-state index in [2.05, 4.69) is 27.9 Å². The van der Waals surface area contributed by atoms with Crippen LogP contribution >= 0.6 is 23.6 Å². The highest BCUT2D eigenvalue weighted by atomic mass is 32.1. The molecular formula is C14H22N4OS2. The molecule has 1 saturated heterocycles. The van der Waals surface area contributed by atoms with E-state index in [1.165, 1.54) is 0 Å². The van der Waals surface area contributed by atoms with Crippen LogP contribution in [-0.4, -0.2) is 28.1 Å². The molecule has 116 valence electrons. The van der Waals surface area contributed by atoms with Crippen molar-refractivity contribution < 1.29 is 4.79 Å². The van der Waals surface area contributed by atoms with Gasteiger partial charge >= 0.3 is 0 Å². The number of nitrogens with one attached hydrogen (secondary N) is 3. The Kier molecular flexibility index (Phi) is 5.52. The summed E-state index contributed by atoms with van der Waals surface area (Å²) in [4.78, 5) is 17.9. The highest BCUT2D eigenvalue weighted by Gasteiger charge is 2.26. The minimum absolute atomic E-state index is 0.00413. The van der Waals surface area contributed by atoms with Crippen LogP contribution in [0.25, 0.3) is 0 Å². The van der Waals surface area contributed by atoms with E-state index in [0.29, 0.717) is 11.7 Å². The first-order valence-electron chi connectivity index (χ1n) is 7.29. The van der Waals surface area contributed by atoms with Crippen molar-refractivity contribution in [2.45, 2.75) is 58.7 Å². The number of rotatable bonds is 5. The molecule has 2 atom stereocenters. The zero-order valence-corrected chi connectivity index (χ0v) is 14.3. The molecule has 2 heterocycles. The molecule has 1 aromatic rings. The van der Waals surface area contributed by atoms with Gasteiger partial charge in [-0.25, -0.2) is 4.98 Å². The van der Waals surface area contributed by atoms with E-state index < -0.39 is 0 Å². The van der Waals surface area contributed by atoms with Gasteiger partial charge in [0.2, 0.25) is 5.91 Å². The lowest BCUT2D eigenvalue weighted by Gasteiger charge is -2.30. The lowest BCUT2D eigenvalue weighted by molar-refractivity contribution is -0.123. The third-order valence-corrected chi connectivity index (χ3v) is 4.87. The second kappa shape index (κ2) is 7.17. The molecule has 2 rings (SSSR count). The molecule has 0 spiro atoms. The van der Waals surface area contributed by atoms with E-state index in [1.54, 1.807) is 11.3 Å². The number of hydrogen-bond acceptors (Lipinski definition) is 4. The van der Waals surface area contributed by atoms with Crippen LogP contribution in [0.1, 0.15) is 42.3 Å². The van der Waals surface area contributed by atoms with Gasteiger partial charge in [-0.1, -0.05) is 6.92 Å². The van der Waals surface area contributed by atoms with Crippen LogP contribution < -0.4 is 16.0 Å². The van der Waals surface area contributed by atoms with Gasteiger partial charge in [-0.2, -0.15) is 0 Å². The summed E-state index contributed by atoms with van der Waals surface area (Å²) in [7, 11) is 0. The van der Waals surface area contributed by atoms with E-state index in [9.17, 15) is 4.79 Å². The van der Waals surface area contributed by atoms with Gasteiger partial charge in [-0.15, -0.1) is 11.3 Å². The maximum atomic E-state index is 12.2. The molecule has 7 heteroatoms. The second-order valence-electron chi connectivity index (χ2n) is 5.39.